The van der Waals surface area contributed by atoms with Gasteiger partial charge in [-0.3, -0.25) is 4.98 Å². The summed E-state index contributed by atoms with van der Waals surface area (Å²) in [5.41, 5.74) is 7.83. The van der Waals surface area contributed by atoms with Gasteiger partial charge in [0.1, 0.15) is 17.3 Å². The number of nitrogens with one attached hydrogen (secondary N) is 1. The van der Waals surface area contributed by atoms with Crippen LogP contribution in [0.2, 0.25) is 0 Å². The minimum atomic E-state index is -1.82. The molecule has 1 aliphatic heterocycles. The number of ether oxygens (including phenoxy) is 1. The molecule has 0 bridgehead atoms. The van der Waals surface area contributed by atoms with Gasteiger partial charge in [-0.05, 0) is 67.1 Å². The molecule has 39 heavy (non-hydrogen) atoms. The number of hydrogen-bond donors (Lipinski definition) is 2. The van der Waals surface area contributed by atoms with E-state index in [4.69, 9.17) is 10.5 Å². The average molecular weight is 535 g/mol. The molecule has 0 unspecified atom stereocenters. The summed E-state index contributed by atoms with van der Waals surface area (Å²) in [6.45, 7) is 2.49. The zero-order valence-corrected chi connectivity index (χ0v) is 21.5. The van der Waals surface area contributed by atoms with E-state index < -0.39 is 17.3 Å². The maximum absolute atomic E-state index is 15.4. The van der Waals surface area contributed by atoms with Crippen LogP contribution in [0.25, 0.3) is 16.8 Å². The highest BCUT2D eigenvalue weighted by molar-refractivity contribution is 5.66. The van der Waals surface area contributed by atoms with Crippen molar-refractivity contribution in [3.05, 3.63) is 83.3 Å². The fraction of sp³-hybridized carbons (Fsp3) is 0.345. The van der Waals surface area contributed by atoms with Gasteiger partial charge in [0, 0.05) is 38.3 Å². The number of fused-ring (bicyclic) bond motifs is 1. The van der Waals surface area contributed by atoms with Crippen molar-refractivity contribution in [1.82, 2.24) is 19.6 Å². The van der Waals surface area contributed by atoms with E-state index in [1.165, 1.54) is 16.2 Å². The molecule has 2 aliphatic rings. The Morgan fingerprint density at radius 2 is 1.87 bits per heavy atom. The van der Waals surface area contributed by atoms with Gasteiger partial charge in [-0.2, -0.15) is 9.61 Å². The fourth-order valence-corrected chi connectivity index (χ4v) is 5.69. The molecule has 7 nitrogen and oxygen atoms in total. The third-order valence-electron chi connectivity index (χ3n) is 7.65. The Kier molecular flexibility index (Phi) is 6.60. The van der Waals surface area contributed by atoms with Crippen LogP contribution in [0.4, 0.5) is 24.8 Å². The summed E-state index contributed by atoms with van der Waals surface area (Å²) in [7, 11) is 0. The zero-order valence-electron chi connectivity index (χ0n) is 21.5. The summed E-state index contributed by atoms with van der Waals surface area (Å²) in [6, 6.07) is 7.29. The predicted molar refractivity (Wildman–Crippen MR) is 142 cm³/mol. The number of nitrogens with zero attached hydrogens (tertiary/aromatic N) is 4. The van der Waals surface area contributed by atoms with Crippen molar-refractivity contribution in [3.8, 4) is 11.3 Å². The summed E-state index contributed by atoms with van der Waals surface area (Å²) in [4.78, 5) is 8.72. The van der Waals surface area contributed by atoms with E-state index in [2.05, 4.69) is 33.4 Å². The van der Waals surface area contributed by atoms with Crippen LogP contribution < -0.4 is 11.1 Å². The third-order valence-corrected chi connectivity index (χ3v) is 7.65. The Morgan fingerprint density at radius 3 is 2.62 bits per heavy atom. The first-order valence-electron chi connectivity index (χ1n) is 13.1. The molecule has 4 heterocycles. The number of rotatable bonds is 5. The molecule has 1 fully saturated rings. The van der Waals surface area contributed by atoms with Gasteiger partial charge in [-0.15, -0.1) is 0 Å². The summed E-state index contributed by atoms with van der Waals surface area (Å²) in [6.07, 6.45) is 8.99. The van der Waals surface area contributed by atoms with Crippen LogP contribution in [-0.2, 0) is 10.4 Å². The summed E-state index contributed by atoms with van der Waals surface area (Å²) < 4.78 is 52.6. The fourth-order valence-electron chi connectivity index (χ4n) is 5.69. The van der Waals surface area contributed by atoms with Gasteiger partial charge < -0.3 is 15.8 Å². The van der Waals surface area contributed by atoms with Crippen LogP contribution in [0.3, 0.4) is 0 Å². The van der Waals surface area contributed by atoms with Gasteiger partial charge in [0.25, 0.3) is 0 Å². The second-order valence-corrected chi connectivity index (χ2v) is 10.4. The highest BCUT2D eigenvalue weighted by atomic mass is 19.1. The SMILES string of the molecule is CC1=C[C@H](N)C[C@H](c2ccncc2Nc2ncc3ccc(-c4c(F)cc(C5(F)CCOCC5)cc4F)nn23)C1. The maximum Gasteiger partial charge on any atom is 0.229 e. The molecule has 3 aromatic heterocycles. The van der Waals surface area contributed by atoms with Crippen LogP contribution in [0.5, 0.6) is 0 Å². The lowest BCUT2D eigenvalue weighted by Gasteiger charge is -2.30. The van der Waals surface area contributed by atoms with E-state index in [9.17, 15) is 0 Å². The number of hydrogen-bond acceptors (Lipinski definition) is 6. The zero-order chi connectivity index (χ0) is 27.1. The second-order valence-electron chi connectivity index (χ2n) is 10.4. The van der Waals surface area contributed by atoms with Crippen molar-refractivity contribution in [2.75, 3.05) is 18.5 Å². The van der Waals surface area contributed by atoms with E-state index in [1.54, 1.807) is 24.7 Å². The Hall–Kier alpha value is -3.76. The molecule has 202 valence electrons. The molecular weight excluding hydrogens is 505 g/mol. The van der Waals surface area contributed by atoms with Gasteiger partial charge in [0.05, 0.1) is 34.9 Å². The highest BCUT2D eigenvalue weighted by Gasteiger charge is 2.36. The minimum absolute atomic E-state index is 0.0175. The van der Waals surface area contributed by atoms with Crippen molar-refractivity contribution in [1.29, 1.82) is 0 Å². The number of allylic oxidation sites excluding steroid dienone is 1. The molecule has 0 saturated carbocycles. The largest absolute Gasteiger partial charge is 0.381 e. The van der Waals surface area contributed by atoms with Crippen LogP contribution in [0.15, 0.2) is 60.6 Å². The number of nitrogens with two attached hydrogens (primary N) is 1. The van der Waals surface area contributed by atoms with Gasteiger partial charge in [0.15, 0.2) is 0 Å². The van der Waals surface area contributed by atoms with E-state index in [-0.39, 0.29) is 54.8 Å². The standard InChI is InChI=1S/C29H29F3N6O/c1-17-10-18(12-20(33)11-17)22-4-7-34-16-26(22)36-28-35-15-21-2-3-25(37-38(21)28)27-23(30)13-19(14-24(27)31)29(32)5-8-39-9-6-29/h2-4,7,11,13-16,18,20H,5-6,8-10,12,33H2,1H3,(H,35,36)/t18-,20+/m1/s1. The van der Waals surface area contributed by atoms with E-state index in [1.807, 2.05) is 6.07 Å². The van der Waals surface area contributed by atoms with Gasteiger partial charge >= 0.3 is 0 Å². The predicted octanol–water partition coefficient (Wildman–Crippen LogP) is 5.94. The van der Waals surface area contributed by atoms with Crippen molar-refractivity contribution in [2.45, 2.75) is 50.2 Å². The molecule has 3 N–H and O–H groups in total. The number of halogens is 3. The molecule has 2 atom stereocenters. The lowest BCUT2D eigenvalue weighted by Crippen LogP contribution is -2.29. The highest BCUT2D eigenvalue weighted by Crippen LogP contribution is 2.39. The number of pyridine rings is 1. The lowest BCUT2D eigenvalue weighted by molar-refractivity contribution is -0.0117. The minimum Gasteiger partial charge on any atom is -0.381 e. The van der Waals surface area contributed by atoms with Crippen molar-refractivity contribution >= 4 is 17.2 Å². The van der Waals surface area contributed by atoms with Crippen LogP contribution >= 0.6 is 0 Å². The maximum atomic E-state index is 15.4. The molecule has 1 aromatic carbocycles. The number of benzene rings is 1. The molecule has 4 aromatic rings. The number of anilines is 2. The number of imidazole rings is 1. The lowest BCUT2D eigenvalue weighted by atomic mass is 9.82. The van der Waals surface area contributed by atoms with Gasteiger partial charge in [0.2, 0.25) is 5.95 Å². The molecule has 0 radical (unpaired) electrons. The molecule has 0 amide bonds. The van der Waals surface area contributed by atoms with Crippen LogP contribution in [0.1, 0.15) is 49.7 Å². The quantitative estimate of drug-likeness (QED) is 0.308. The summed E-state index contributed by atoms with van der Waals surface area (Å²) in [5, 5.41) is 7.80. The molecule has 10 heteroatoms. The number of alkyl halides is 1. The van der Waals surface area contributed by atoms with E-state index in [0.717, 1.165) is 36.2 Å². The van der Waals surface area contributed by atoms with Gasteiger partial charge in [-0.1, -0.05) is 11.6 Å². The van der Waals surface area contributed by atoms with Crippen LogP contribution in [-0.4, -0.2) is 38.8 Å². The monoisotopic (exact) mass is 534 g/mol. The molecule has 6 rings (SSSR count). The molecule has 0 spiro atoms. The normalized spacial score (nSPS) is 21.1. The second kappa shape index (κ2) is 10.1. The first kappa shape index (κ1) is 25.5. The summed E-state index contributed by atoms with van der Waals surface area (Å²) >= 11 is 0. The first-order chi connectivity index (χ1) is 18.8. The average Bonchev–Trinajstić information content (AvgIpc) is 3.30. The Balaban J connectivity index is 1.34. The van der Waals surface area contributed by atoms with Gasteiger partial charge in [-0.25, -0.2) is 18.2 Å². The third kappa shape index (κ3) is 4.90. The van der Waals surface area contributed by atoms with E-state index >= 15 is 13.2 Å². The Morgan fingerprint density at radius 1 is 1.10 bits per heavy atom. The first-order valence-corrected chi connectivity index (χ1v) is 13.1. The van der Waals surface area contributed by atoms with Crippen molar-refractivity contribution in [2.24, 2.45) is 5.73 Å². The Labute approximate surface area is 223 Å². The molecular formula is C29H29F3N6O. The topological polar surface area (TPSA) is 90.4 Å². The van der Waals surface area contributed by atoms with Crippen molar-refractivity contribution < 1.29 is 17.9 Å². The smallest absolute Gasteiger partial charge is 0.229 e. The Bertz CT molecular complexity index is 1540. The van der Waals surface area contributed by atoms with E-state index in [0.29, 0.717) is 11.5 Å². The van der Waals surface area contributed by atoms with Crippen molar-refractivity contribution in [3.63, 3.8) is 0 Å². The number of aromatic nitrogens is 4. The molecule has 1 saturated heterocycles. The molecule has 1 aliphatic carbocycles. The summed E-state index contributed by atoms with van der Waals surface area (Å²) in [5.74, 6) is -1.17. The van der Waals surface area contributed by atoms with Crippen LogP contribution in [0, 0.1) is 11.6 Å².